The van der Waals surface area contributed by atoms with Crippen molar-refractivity contribution < 1.29 is 9.18 Å². The molecule has 1 fully saturated rings. The van der Waals surface area contributed by atoms with Gasteiger partial charge < -0.3 is 26.6 Å². The maximum Gasteiger partial charge on any atom is 0.269 e. The SMILES string of the molecule is Cc1nc(F)ccc1-c1cc(CNC2=NCCN2)cc(C(=O)NCC2CNC(C)CN2)n1. The van der Waals surface area contributed by atoms with Gasteiger partial charge in [-0.15, -0.1) is 0 Å². The topological polar surface area (TPSA) is 115 Å². The van der Waals surface area contributed by atoms with Crippen molar-refractivity contribution in [1.29, 1.82) is 0 Å². The maximum absolute atomic E-state index is 13.5. The van der Waals surface area contributed by atoms with Crippen LogP contribution in [0.4, 0.5) is 4.39 Å². The van der Waals surface area contributed by atoms with E-state index in [1.165, 1.54) is 6.07 Å². The molecule has 0 bridgehead atoms. The van der Waals surface area contributed by atoms with Crippen LogP contribution >= 0.6 is 0 Å². The van der Waals surface area contributed by atoms with E-state index in [-0.39, 0.29) is 11.9 Å². The number of aryl methyl sites for hydroxylation is 1. The quantitative estimate of drug-likeness (QED) is 0.411. The molecular weight excluding hydrogens is 411 g/mol. The molecule has 2 unspecified atom stereocenters. The van der Waals surface area contributed by atoms with Crippen molar-refractivity contribution in [3.63, 3.8) is 0 Å². The van der Waals surface area contributed by atoms with Crippen molar-refractivity contribution >= 4 is 11.9 Å². The molecule has 2 aromatic rings. The number of amides is 1. The fourth-order valence-electron chi connectivity index (χ4n) is 3.73. The van der Waals surface area contributed by atoms with Crippen LogP contribution in [-0.4, -0.2) is 66.6 Å². The van der Waals surface area contributed by atoms with Crippen LogP contribution in [0.5, 0.6) is 0 Å². The largest absolute Gasteiger partial charge is 0.355 e. The highest BCUT2D eigenvalue weighted by molar-refractivity contribution is 5.93. The Morgan fingerprint density at radius 3 is 2.81 bits per heavy atom. The first-order valence-electron chi connectivity index (χ1n) is 10.9. The number of hydrogen-bond acceptors (Lipinski definition) is 8. The summed E-state index contributed by atoms with van der Waals surface area (Å²) < 4.78 is 13.5. The minimum absolute atomic E-state index is 0.162. The van der Waals surface area contributed by atoms with Gasteiger partial charge in [0.05, 0.1) is 12.2 Å². The number of aliphatic imine (C=N–C) groups is 1. The average molecular weight is 441 g/mol. The van der Waals surface area contributed by atoms with Crippen molar-refractivity contribution in [3.8, 4) is 11.3 Å². The third-order valence-corrected chi connectivity index (χ3v) is 5.51. The number of aromatic nitrogens is 2. The van der Waals surface area contributed by atoms with Crippen LogP contribution < -0.4 is 26.6 Å². The van der Waals surface area contributed by atoms with Crippen molar-refractivity contribution in [2.45, 2.75) is 32.5 Å². The van der Waals surface area contributed by atoms with E-state index in [1.54, 1.807) is 19.1 Å². The maximum atomic E-state index is 13.5. The Morgan fingerprint density at radius 1 is 1.22 bits per heavy atom. The van der Waals surface area contributed by atoms with E-state index in [0.717, 1.165) is 37.7 Å². The highest BCUT2D eigenvalue weighted by Gasteiger charge is 2.19. The molecule has 4 rings (SSSR count). The number of pyridine rings is 2. The molecule has 170 valence electrons. The Morgan fingerprint density at radius 2 is 2.09 bits per heavy atom. The van der Waals surface area contributed by atoms with Gasteiger partial charge in [-0.1, -0.05) is 0 Å². The monoisotopic (exact) mass is 440 g/mol. The van der Waals surface area contributed by atoms with E-state index in [4.69, 9.17) is 0 Å². The summed E-state index contributed by atoms with van der Waals surface area (Å²) in [5.41, 5.74) is 2.95. The zero-order valence-electron chi connectivity index (χ0n) is 18.3. The van der Waals surface area contributed by atoms with Gasteiger partial charge in [0.2, 0.25) is 5.95 Å². The molecule has 2 aliphatic heterocycles. The van der Waals surface area contributed by atoms with E-state index in [1.807, 2.05) is 6.07 Å². The van der Waals surface area contributed by atoms with E-state index in [0.29, 0.717) is 41.8 Å². The summed E-state index contributed by atoms with van der Waals surface area (Å²) >= 11 is 0. The van der Waals surface area contributed by atoms with Crippen LogP contribution in [0.15, 0.2) is 29.3 Å². The lowest BCUT2D eigenvalue weighted by Gasteiger charge is -2.29. The van der Waals surface area contributed by atoms with E-state index in [2.05, 4.69) is 48.5 Å². The minimum Gasteiger partial charge on any atom is -0.355 e. The lowest BCUT2D eigenvalue weighted by atomic mass is 10.1. The van der Waals surface area contributed by atoms with Gasteiger partial charge in [0.15, 0.2) is 5.96 Å². The number of halogens is 1. The lowest BCUT2D eigenvalue weighted by molar-refractivity contribution is 0.0943. The number of piperazine rings is 1. The average Bonchev–Trinajstić information content (AvgIpc) is 3.30. The molecule has 0 spiro atoms. The van der Waals surface area contributed by atoms with Gasteiger partial charge >= 0.3 is 0 Å². The smallest absolute Gasteiger partial charge is 0.269 e. The number of nitrogens with zero attached hydrogens (tertiary/aromatic N) is 3. The van der Waals surface area contributed by atoms with Crippen molar-refractivity contribution in [2.75, 3.05) is 32.7 Å². The second kappa shape index (κ2) is 10.0. The summed E-state index contributed by atoms with van der Waals surface area (Å²) in [7, 11) is 0. The normalized spacial score (nSPS) is 20.4. The van der Waals surface area contributed by atoms with Gasteiger partial charge in [-0.05, 0) is 43.7 Å². The molecule has 1 amide bonds. The predicted octanol–water partition coefficient (Wildman–Crippen LogP) is 0.320. The molecular formula is C22H29FN8O. The first kappa shape index (κ1) is 22.1. The molecule has 0 aliphatic carbocycles. The fourth-order valence-corrected chi connectivity index (χ4v) is 3.73. The van der Waals surface area contributed by atoms with Crippen LogP contribution in [-0.2, 0) is 6.54 Å². The molecule has 0 radical (unpaired) electrons. The third kappa shape index (κ3) is 5.57. The Labute approximate surface area is 186 Å². The lowest BCUT2D eigenvalue weighted by Crippen LogP contribution is -2.56. The number of carbonyl (C=O) groups excluding carboxylic acids is 1. The van der Waals surface area contributed by atoms with E-state index >= 15 is 0 Å². The summed E-state index contributed by atoms with van der Waals surface area (Å²) in [6, 6.07) is 7.17. The zero-order valence-corrected chi connectivity index (χ0v) is 18.3. The summed E-state index contributed by atoms with van der Waals surface area (Å²) in [5.74, 6) is -0.0630. The number of carbonyl (C=O) groups is 1. The van der Waals surface area contributed by atoms with Crippen molar-refractivity contribution in [2.24, 2.45) is 4.99 Å². The van der Waals surface area contributed by atoms with E-state index < -0.39 is 5.95 Å². The van der Waals surface area contributed by atoms with Gasteiger partial charge in [0.25, 0.3) is 5.91 Å². The molecule has 2 atom stereocenters. The number of rotatable bonds is 6. The van der Waals surface area contributed by atoms with Gasteiger partial charge in [-0.2, -0.15) is 4.39 Å². The molecule has 0 saturated carbocycles. The number of hydrogen-bond donors (Lipinski definition) is 5. The number of guanidine groups is 1. The van der Waals surface area contributed by atoms with E-state index in [9.17, 15) is 9.18 Å². The van der Waals surface area contributed by atoms with Gasteiger partial charge in [0, 0.05) is 56.1 Å². The predicted molar refractivity (Wildman–Crippen MR) is 121 cm³/mol. The van der Waals surface area contributed by atoms with Gasteiger partial charge in [-0.3, -0.25) is 9.79 Å². The summed E-state index contributed by atoms with van der Waals surface area (Å²) in [6.07, 6.45) is 0. The highest BCUT2D eigenvalue weighted by atomic mass is 19.1. The molecule has 10 heteroatoms. The van der Waals surface area contributed by atoms with Crippen molar-refractivity contribution in [1.82, 2.24) is 36.6 Å². The van der Waals surface area contributed by atoms with Crippen molar-refractivity contribution in [3.05, 3.63) is 47.2 Å². The molecule has 2 aliphatic rings. The zero-order chi connectivity index (χ0) is 22.5. The van der Waals surface area contributed by atoms with Crippen LogP contribution in [0.25, 0.3) is 11.3 Å². The standard InChI is InChI=1S/C22H29FN8O/c1-13-9-27-16(11-26-13)12-28-21(32)19-8-15(10-29-22-24-5-6-25-22)7-18(31-19)17-3-4-20(23)30-14(17)2/h3-4,7-8,13,16,26-27H,5-6,9-12H2,1-2H3,(H,28,32)(H2,24,25,29). The summed E-state index contributed by atoms with van der Waals surface area (Å²) in [5, 5.41) is 16.2. The third-order valence-electron chi connectivity index (χ3n) is 5.51. The first-order valence-corrected chi connectivity index (χ1v) is 10.9. The Hall–Kier alpha value is -3.11. The Kier molecular flexibility index (Phi) is 6.91. The second-order valence-corrected chi connectivity index (χ2v) is 8.15. The minimum atomic E-state index is -0.546. The molecule has 5 N–H and O–H groups in total. The Bertz CT molecular complexity index is 1000. The van der Waals surface area contributed by atoms with Gasteiger partial charge in [0.1, 0.15) is 5.69 Å². The first-order chi connectivity index (χ1) is 15.5. The van der Waals surface area contributed by atoms with Crippen LogP contribution in [0.2, 0.25) is 0 Å². The van der Waals surface area contributed by atoms with Crippen LogP contribution in [0.1, 0.15) is 28.7 Å². The molecule has 2 aromatic heterocycles. The number of nitrogens with one attached hydrogen (secondary N) is 5. The second-order valence-electron chi connectivity index (χ2n) is 8.15. The van der Waals surface area contributed by atoms with Gasteiger partial charge in [-0.25, -0.2) is 9.97 Å². The fraction of sp³-hybridized carbons (Fsp3) is 0.455. The Balaban J connectivity index is 1.53. The molecule has 0 aromatic carbocycles. The highest BCUT2D eigenvalue weighted by Crippen LogP contribution is 2.22. The molecule has 32 heavy (non-hydrogen) atoms. The van der Waals surface area contributed by atoms with Crippen LogP contribution in [0.3, 0.4) is 0 Å². The van der Waals surface area contributed by atoms with Crippen LogP contribution in [0, 0.1) is 12.9 Å². The summed E-state index contributed by atoms with van der Waals surface area (Å²) in [4.78, 5) is 25.7. The molecule has 9 nitrogen and oxygen atoms in total. The summed E-state index contributed by atoms with van der Waals surface area (Å²) in [6.45, 7) is 8.01. The molecule has 1 saturated heterocycles. The molecule has 4 heterocycles.